The summed E-state index contributed by atoms with van der Waals surface area (Å²) in [6, 6.07) is 0. The van der Waals surface area contributed by atoms with Crippen molar-refractivity contribution in [3.05, 3.63) is 58.8 Å². The molecule has 0 spiro atoms. The lowest BCUT2D eigenvalue weighted by atomic mass is 9.80. The number of carbonyl (C=O) groups is 1. The summed E-state index contributed by atoms with van der Waals surface area (Å²) < 4.78 is 5.16. The van der Waals surface area contributed by atoms with E-state index in [1.54, 1.807) is 6.92 Å². The summed E-state index contributed by atoms with van der Waals surface area (Å²) in [4.78, 5) is 17.3. The van der Waals surface area contributed by atoms with Crippen LogP contribution in [-0.4, -0.2) is 16.0 Å². The lowest BCUT2D eigenvalue weighted by Gasteiger charge is -2.35. The zero-order valence-corrected chi connectivity index (χ0v) is 13.1. The van der Waals surface area contributed by atoms with Crippen LogP contribution in [0.1, 0.15) is 43.8 Å². The maximum Gasteiger partial charge on any atom is 0.252 e. The highest BCUT2D eigenvalue weighted by atomic mass is 16.5. The number of hydrogen-bond donors (Lipinski definition) is 1. The normalized spacial score (nSPS) is 21.5. The molecule has 1 amide bonds. The second-order valence-corrected chi connectivity index (χ2v) is 6.38. The molecular formula is C18H19N3O2. The molecule has 0 saturated heterocycles. The van der Waals surface area contributed by atoms with Crippen molar-refractivity contribution < 1.29 is 9.32 Å². The van der Waals surface area contributed by atoms with Crippen molar-refractivity contribution in [3.63, 3.8) is 0 Å². The second-order valence-electron chi connectivity index (χ2n) is 6.38. The first-order valence-electron chi connectivity index (χ1n) is 8.12. The van der Waals surface area contributed by atoms with E-state index in [0.29, 0.717) is 11.7 Å². The Kier molecular flexibility index (Phi) is 3.29. The SMILES string of the molecule is Cc1nc(C2(NC(=O)C3=C4C=CC=C4C=C3)CCCCC2)no1. The molecule has 4 rings (SSSR count). The molecule has 3 aliphatic rings. The van der Waals surface area contributed by atoms with Gasteiger partial charge in [-0.3, -0.25) is 4.79 Å². The molecule has 0 aromatic carbocycles. The minimum atomic E-state index is -0.511. The van der Waals surface area contributed by atoms with Crippen molar-refractivity contribution in [2.75, 3.05) is 0 Å². The predicted octanol–water partition coefficient (Wildman–Crippen LogP) is 3.02. The zero-order valence-electron chi connectivity index (χ0n) is 13.1. The molecule has 1 fully saturated rings. The van der Waals surface area contributed by atoms with Crippen LogP contribution in [0.15, 0.2) is 51.6 Å². The number of nitrogens with one attached hydrogen (secondary N) is 1. The van der Waals surface area contributed by atoms with Crippen molar-refractivity contribution in [2.24, 2.45) is 0 Å². The maximum atomic E-state index is 12.9. The largest absolute Gasteiger partial charge is 0.340 e. The van der Waals surface area contributed by atoms with Gasteiger partial charge in [0.05, 0.1) is 0 Å². The minimum absolute atomic E-state index is 0.0597. The number of aryl methyl sites for hydroxylation is 1. The number of nitrogens with zero attached hydrogens (tertiary/aromatic N) is 2. The van der Waals surface area contributed by atoms with Gasteiger partial charge in [0.25, 0.3) is 5.91 Å². The molecule has 23 heavy (non-hydrogen) atoms. The van der Waals surface area contributed by atoms with Crippen LogP contribution in [-0.2, 0) is 10.3 Å². The number of carbonyl (C=O) groups excluding carboxylic acids is 1. The van der Waals surface area contributed by atoms with E-state index in [2.05, 4.69) is 15.5 Å². The van der Waals surface area contributed by atoms with E-state index in [-0.39, 0.29) is 5.91 Å². The van der Waals surface area contributed by atoms with E-state index in [1.807, 2.05) is 30.4 Å². The molecular weight excluding hydrogens is 290 g/mol. The second kappa shape index (κ2) is 5.33. The molecule has 1 heterocycles. The van der Waals surface area contributed by atoms with Gasteiger partial charge in [-0.1, -0.05) is 48.7 Å². The molecule has 0 bridgehead atoms. The highest BCUT2D eigenvalue weighted by molar-refractivity contribution is 6.01. The topological polar surface area (TPSA) is 68.0 Å². The molecule has 1 saturated carbocycles. The number of aromatic nitrogens is 2. The third kappa shape index (κ3) is 2.36. The van der Waals surface area contributed by atoms with Gasteiger partial charge in [-0.2, -0.15) is 4.98 Å². The van der Waals surface area contributed by atoms with Crippen molar-refractivity contribution in [3.8, 4) is 0 Å². The number of hydrogen-bond acceptors (Lipinski definition) is 4. The Bertz CT molecular complexity index is 774. The van der Waals surface area contributed by atoms with Crippen LogP contribution in [0.25, 0.3) is 0 Å². The van der Waals surface area contributed by atoms with Gasteiger partial charge in [0.15, 0.2) is 5.82 Å². The standard InChI is InChI=1S/C18H19N3O2/c1-12-19-17(21-23-12)18(10-3-2-4-11-18)20-16(22)15-9-8-13-6-5-7-14(13)15/h5-9H,2-4,10-11H2,1H3,(H,20,22). The molecule has 3 aliphatic carbocycles. The van der Waals surface area contributed by atoms with Gasteiger partial charge in [-0.15, -0.1) is 0 Å². The molecule has 1 aromatic rings. The fourth-order valence-electron chi connectivity index (χ4n) is 3.62. The van der Waals surface area contributed by atoms with Gasteiger partial charge < -0.3 is 9.84 Å². The van der Waals surface area contributed by atoms with Gasteiger partial charge >= 0.3 is 0 Å². The van der Waals surface area contributed by atoms with Gasteiger partial charge in [-0.05, 0) is 30.1 Å². The Morgan fingerprint density at radius 3 is 2.78 bits per heavy atom. The molecule has 0 unspecified atom stereocenters. The lowest BCUT2D eigenvalue weighted by molar-refractivity contribution is -0.119. The van der Waals surface area contributed by atoms with E-state index in [9.17, 15) is 4.79 Å². The molecule has 0 atom stereocenters. The van der Waals surface area contributed by atoms with E-state index >= 15 is 0 Å². The van der Waals surface area contributed by atoms with E-state index in [1.165, 1.54) is 6.42 Å². The van der Waals surface area contributed by atoms with E-state index < -0.39 is 5.54 Å². The first-order valence-corrected chi connectivity index (χ1v) is 8.12. The molecule has 118 valence electrons. The van der Waals surface area contributed by atoms with Crippen molar-refractivity contribution >= 4 is 5.91 Å². The number of rotatable bonds is 3. The summed E-state index contributed by atoms with van der Waals surface area (Å²) >= 11 is 0. The predicted molar refractivity (Wildman–Crippen MR) is 85.3 cm³/mol. The third-order valence-electron chi connectivity index (χ3n) is 4.83. The average molecular weight is 309 g/mol. The van der Waals surface area contributed by atoms with Crippen LogP contribution in [0.5, 0.6) is 0 Å². The fraction of sp³-hybridized carbons (Fsp3) is 0.389. The van der Waals surface area contributed by atoms with Gasteiger partial charge in [0.1, 0.15) is 5.54 Å². The molecule has 5 nitrogen and oxygen atoms in total. The average Bonchev–Trinajstić information content (AvgIpc) is 3.23. The molecule has 1 aromatic heterocycles. The molecule has 0 aliphatic heterocycles. The third-order valence-corrected chi connectivity index (χ3v) is 4.83. The Morgan fingerprint density at radius 2 is 2.04 bits per heavy atom. The van der Waals surface area contributed by atoms with Crippen LogP contribution in [0.2, 0.25) is 0 Å². The summed E-state index contributed by atoms with van der Waals surface area (Å²) in [6.07, 6.45) is 14.8. The van der Waals surface area contributed by atoms with Gasteiger partial charge in [-0.25, -0.2) is 0 Å². The molecule has 1 N–H and O–H groups in total. The quantitative estimate of drug-likeness (QED) is 0.932. The fourth-order valence-corrected chi connectivity index (χ4v) is 3.62. The first kappa shape index (κ1) is 14.2. The number of allylic oxidation sites excluding steroid dienone is 6. The summed E-state index contributed by atoms with van der Waals surface area (Å²) in [6.45, 7) is 1.78. The summed E-state index contributed by atoms with van der Waals surface area (Å²) in [5, 5.41) is 7.32. The highest BCUT2D eigenvalue weighted by Gasteiger charge is 2.40. The number of amides is 1. The van der Waals surface area contributed by atoms with Crippen LogP contribution in [0.3, 0.4) is 0 Å². The highest BCUT2D eigenvalue weighted by Crippen LogP contribution is 2.37. The van der Waals surface area contributed by atoms with Gasteiger partial charge in [0.2, 0.25) is 5.89 Å². The van der Waals surface area contributed by atoms with Gasteiger partial charge in [0, 0.05) is 12.5 Å². The van der Waals surface area contributed by atoms with Crippen LogP contribution in [0, 0.1) is 6.92 Å². The summed E-state index contributed by atoms with van der Waals surface area (Å²) in [7, 11) is 0. The zero-order chi connectivity index (χ0) is 15.9. The Labute approximate surface area is 134 Å². The molecule has 5 heteroatoms. The Hall–Kier alpha value is -2.43. The summed E-state index contributed by atoms with van der Waals surface area (Å²) in [5.74, 6) is 1.08. The van der Waals surface area contributed by atoms with Crippen molar-refractivity contribution in [2.45, 2.75) is 44.6 Å². The first-order chi connectivity index (χ1) is 11.2. The van der Waals surface area contributed by atoms with Crippen molar-refractivity contribution in [1.29, 1.82) is 0 Å². The smallest absolute Gasteiger partial charge is 0.252 e. The minimum Gasteiger partial charge on any atom is -0.340 e. The Morgan fingerprint density at radius 1 is 1.22 bits per heavy atom. The number of fused-ring (bicyclic) bond motifs is 1. The Balaban J connectivity index is 1.65. The van der Waals surface area contributed by atoms with Crippen LogP contribution < -0.4 is 5.32 Å². The van der Waals surface area contributed by atoms with Crippen molar-refractivity contribution in [1.82, 2.24) is 15.5 Å². The van der Waals surface area contributed by atoms with E-state index in [0.717, 1.165) is 42.4 Å². The molecule has 0 radical (unpaired) electrons. The monoisotopic (exact) mass is 309 g/mol. The van der Waals surface area contributed by atoms with E-state index in [4.69, 9.17) is 4.52 Å². The lowest BCUT2D eigenvalue weighted by Crippen LogP contribution is -2.48. The van der Waals surface area contributed by atoms with Crippen LogP contribution >= 0.6 is 0 Å². The summed E-state index contributed by atoms with van der Waals surface area (Å²) in [5.41, 5.74) is 2.31. The van der Waals surface area contributed by atoms with Crippen LogP contribution in [0.4, 0.5) is 0 Å². The maximum absolute atomic E-state index is 12.9.